The van der Waals surface area contributed by atoms with Crippen LogP contribution in [0.3, 0.4) is 0 Å². The molecule has 0 aliphatic carbocycles. The molecule has 0 unspecified atom stereocenters. The lowest BCUT2D eigenvalue weighted by Crippen LogP contribution is -2.14. The maximum absolute atomic E-state index is 12.3. The van der Waals surface area contributed by atoms with Crippen LogP contribution in [0, 0.1) is 6.92 Å². The Kier molecular flexibility index (Phi) is 4.96. The molecule has 2 aromatic heterocycles. The van der Waals surface area contributed by atoms with Gasteiger partial charge in [0.1, 0.15) is 10.8 Å². The van der Waals surface area contributed by atoms with Crippen molar-refractivity contribution in [2.24, 2.45) is 7.05 Å². The quantitative estimate of drug-likeness (QED) is 0.735. The summed E-state index contributed by atoms with van der Waals surface area (Å²) in [4.78, 5) is 12.3. The van der Waals surface area contributed by atoms with Gasteiger partial charge in [0.05, 0.1) is 16.4 Å². The van der Waals surface area contributed by atoms with E-state index in [1.807, 2.05) is 6.92 Å². The standard InChI is InChI=1S/C16H15Cl2N5O2/c1-10-13(8-22(2)20-10)19-16(24)12-6-7-23(21-12)9-25-14-5-3-4-11(17)15(14)18/h3-8H,9H2,1-2H3,(H,19,24). The van der Waals surface area contributed by atoms with E-state index in [4.69, 9.17) is 27.9 Å². The minimum atomic E-state index is -0.323. The maximum atomic E-state index is 12.3. The molecule has 1 N–H and O–H groups in total. The summed E-state index contributed by atoms with van der Waals surface area (Å²) in [5, 5.41) is 11.9. The zero-order valence-corrected chi connectivity index (χ0v) is 15.0. The average Bonchev–Trinajstić information content (AvgIpc) is 3.16. The lowest BCUT2D eigenvalue weighted by atomic mass is 10.3. The van der Waals surface area contributed by atoms with Crippen LogP contribution < -0.4 is 10.1 Å². The Hall–Kier alpha value is -2.51. The maximum Gasteiger partial charge on any atom is 0.276 e. The van der Waals surface area contributed by atoms with Crippen LogP contribution in [0.4, 0.5) is 5.69 Å². The fourth-order valence-electron chi connectivity index (χ4n) is 2.19. The van der Waals surface area contributed by atoms with E-state index < -0.39 is 0 Å². The van der Waals surface area contributed by atoms with Crippen LogP contribution in [0.25, 0.3) is 0 Å². The van der Waals surface area contributed by atoms with Gasteiger partial charge in [-0.2, -0.15) is 10.2 Å². The smallest absolute Gasteiger partial charge is 0.276 e. The number of amides is 1. The predicted octanol–water partition coefficient (Wildman–Crippen LogP) is 3.52. The van der Waals surface area contributed by atoms with Crippen LogP contribution in [0.5, 0.6) is 5.75 Å². The highest BCUT2D eigenvalue weighted by Gasteiger charge is 2.13. The Morgan fingerprint density at radius 3 is 2.80 bits per heavy atom. The molecule has 1 amide bonds. The molecule has 3 aromatic rings. The second kappa shape index (κ2) is 7.16. The largest absolute Gasteiger partial charge is 0.470 e. The zero-order chi connectivity index (χ0) is 18.0. The Balaban J connectivity index is 1.65. The molecular formula is C16H15Cl2N5O2. The van der Waals surface area contributed by atoms with E-state index in [0.717, 1.165) is 5.69 Å². The number of rotatable bonds is 5. The SMILES string of the molecule is Cc1nn(C)cc1NC(=O)c1ccn(COc2cccc(Cl)c2Cl)n1. The lowest BCUT2D eigenvalue weighted by molar-refractivity contribution is 0.102. The fourth-order valence-corrected chi connectivity index (χ4v) is 2.54. The Labute approximate surface area is 154 Å². The first-order chi connectivity index (χ1) is 11.9. The van der Waals surface area contributed by atoms with Crippen LogP contribution in [0.2, 0.25) is 10.0 Å². The monoisotopic (exact) mass is 379 g/mol. The molecular weight excluding hydrogens is 365 g/mol. The molecule has 25 heavy (non-hydrogen) atoms. The summed E-state index contributed by atoms with van der Waals surface area (Å²) in [6.07, 6.45) is 3.37. The summed E-state index contributed by atoms with van der Waals surface area (Å²) in [5.41, 5.74) is 1.64. The number of anilines is 1. The number of hydrogen-bond acceptors (Lipinski definition) is 4. The van der Waals surface area contributed by atoms with E-state index in [9.17, 15) is 4.79 Å². The Bertz CT molecular complexity index is 919. The third-order valence-corrected chi connectivity index (χ3v) is 4.21. The summed E-state index contributed by atoms with van der Waals surface area (Å²) in [6.45, 7) is 1.91. The third kappa shape index (κ3) is 3.94. The minimum absolute atomic E-state index is 0.0965. The number of hydrogen-bond donors (Lipinski definition) is 1. The van der Waals surface area contributed by atoms with Crippen molar-refractivity contribution < 1.29 is 9.53 Å². The van der Waals surface area contributed by atoms with Gasteiger partial charge in [0.25, 0.3) is 5.91 Å². The van der Waals surface area contributed by atoms with Crippen molar-refractivity contribution >= 4 is 34.8 Å². The van der Waals surface area contributed by atoms with Crippen LogP contribution in [-0.2, 0) is 13.8 Å². The van der Waals surface area contributed by atoms with Crippen molar-refractivity contribution in [2.45, 2.75) is 13.7 Å². The highest BCUT2D eigenvalue weighted by Crippen LogP contribution is 2.31. The Morgan fingerprint density at radius 2 is 2.08 bits per heavy atom. The summed E-state index contributed by atoms with van der Waals surface area (Å²) in [6, 6.07) is 6.72. The molecule has 0 aliphatic heterocycles. The molecule has 0 fully saturated rings. The summed E-state index contributed by atoms with van der Waals surface area (Å²) in [7, 11) is 1.79. The number of nitrogens with zero attached hydrogens (tertiary/aromatic N) is 4. The molecule has 0 saturated heterocycles. The van der Waals surface area contributed by atoms with E-state index in [1.54, 1.807) is 48.4 Å². The average molecular weight is 380 g/mol. The number of ether oxygens (including phenoxy) is 1. The highest BCUT2D eigenvalue weighted by atomic mass is 35.5. The molecule has 130 valence electrons. The predicted molar refractivity (Wildman–Crippen MR) is 95.2 cm³/mol. The van der Waals surface area contributed by atoms with Gasteiger partial charge in [0, 0.05) is 19.4 Å². The summed E-state index contributed by atoms with van der Waals surface area (Å²) >= 11 is 12.0. The van der Waals surface area contributed by atoms with Crippen molar-refractivity contribution in [1.82, 2.24) is 19.6 Å². The van der Waals surface area contributed by atoms with Crippen molar-refractivity contribution in [2.75, 3.05) is 5.32 Å². The molecule has 1 aromatic carbocycles. The number of nitrogens with one attached hydrogen (secondary N) is 1. The van der Waals surface area contributed by atoms with Crippen LogP contribution in [-0.4, -0.2) is 25.5 Å². The highest BCUT2D eigenvalue weighted by molar-refractivity contribution is 6.42. The van der Waals surface area contributed by atoms with Gasteiger partial charge in [-0.1, -0.05) is 29.3 Å². The lowest BCUT2D eigenvalue weighted by Gasteiger charge is -2.08. The van der Waals surface area contributed by atoms with Gasteiger partial charge in [-0.3, -0.25) is 9.48 Å². The number of halogens is 2. The van der Waals surface area contributed by atoms with Crippen molar-refractivity contribution in [3.63, 3.8) is 0 Å². The van der Waals surface area contributed by atoms with E-state index in [1.165, 1.54) is 4.68 Å². The molecule has 0 atom stereocenters. The number of aryl methyl sites for hydroxylation is 2. The molecule has 0 saturated carbocycles. The summed E-state index contributed by atoms with van der Waals surface area (Å²) < 4.78 is 8.70. The molecule has 0 bridgehead atoms. The first-order valence-electron chi connectivity index (χ1n) is 7.36. The van der Waals surface area contributed by atoms with Gasteiger partial charge in [0.15, 0.2) is 12.4 Å². The van der Waals surface area contributed by atoms with E-state index in [2.05, 4.69) is 15.5 Å². The molecule has 2 heterocycles. The van der Waals surface area contributed by atoms with Crippen LogP contribution >= 0.6 is 23.2 Å². The first kappa shape index (κ1) is 17.3. The minimum Gasteiger partial charge on any atom is -0.470 e. The van der Waals surface area contributed by atoms with Gasteiger partial charge in [0.2, 0.25) is 0 Å². The van der Waals surface area contributed by atoms with Gasteiger partial charge in [-0.05, 0) is 25.1 Å². The van der Waals surface area contributed by atoms with Gasteiger partial charge < -0.3 is 10.1 Å². The second-order valence-corrected chi connectivity index (χ2v) is 6.11. The summed E-state index contributed by atoms with van der Waals surface area (Å²) in [5.74, 6) is 0.122. The van der Waals surface area contributed by atoms with Crippen LogP contribution in [0.1, 0.15) is 16.2 Å². The van der Waals surface area contributed by atoms with Crippen molar-refractivity contribution in [3.8, 4) is 5.75 Å². The molecule has 9 heteroatoms. The number of benzene rings is 1. The van der Waals surface area contributed by atoms with Crippen molar-refractivity contribution in [3.05, 3.63) is 58.1 Å². The normalized spacial score (nSPS) is 10.7. The van der Waals surface area contributed by atoms with Crippen LogP contribution in [0.15, 0.2) is 36.7 Å². The number of carbonyl (C=O) groups is 1. The zero-order valence-electron chi connectivity index (χ0n) is 13.5. The van der Waals surface area contributed by atoms with E-state index in [0.29, 0.717) is 21.5 Å². The van der Waals surface area contributed by atoms with E-state index in [-0.39, 0.29) is 18.3 Å². The van der Waals surface area contributed by atoms with Crippen molar-refractivity contribution in [1.29, 1.82) is 0 Å². The number of aromatic nitrogens is 4. The molecule has 7 nitrogen and oxygen atoms in total. The third-order valence-electron chi connectivity index (χ3n) is 3.40. The van der Waals surface area contributed by atoms with Gasteiger partial charge in [-0.25, -0.2) is 4.68 Å². The molecule has 3 rings (SSSR count). The Morgan fingerprint density at radius 1 is 1.28 bits per heavy atom. The van der Waals surface area contributed by atoms with Gasteiger partial charge >= 0.3 is 0 Å². The first-order valence-corrected chi connectivity index (χ1v) is 8.11. The topological polar surface area (TPSA) is 74.0 Å². The van der Waals surface area contributed by atoms with E-state index >= 15 is 0 Å². The number of carbonyl (C=O) groups excluding carboxylic acids is 1. The second-order valence-electron chi connectivity index (χ2n) is 5.32. The molecule has 0 spiro atoms. The molecule has 0 aliphatic rings. The molecule has 0 radical (unpaired) electrons. The van der Waals surface area contributed by atoms with Gasteiger partial charge in [-0.15, -0.1) is 0 Å². The fraction of sp³-hybridized carbons (Fsp3) is 0.188.